The van der Waals surface area contributed by atoms with E-state index in [0.717, 1.165) is 17.2 Å². The smallest absolute Gasteiger partial charge is 0.678 e. The van der Waals surface area contributed by atoms with Crippen molar-refractivity contribution in [3.05, 3.63) is 79.9 Å². The van der Waals surface area contributed by atoms with Gasteiger partial charge < -0.3 is 26.2 Å². The molecule has 0 radical (unpaired) electrons. The molecule has 0 bridgehead atoms. The van der Waals surface area contributed by atoms with Gasteiger partial charge in [-0.3, -0.25) is 0 Å². The van der Waals surface area contributed by atoms with Crippen LogP contribution in [0.5, 0.6) is 0 Å². The van der Waals surface area contributed by atoms with E-state index < -0.39 is 0 Å². The number of aryl methyl sites for hydroxylation is 4. The van der Waals surface area contributed by atoms with Crippen molar-refractivity contribution in [2.45, 2.75) is 27.7 Å². The molecule has 0 amide bonds. The van der Waals surface area contributed by atoms with Gasteiger partial charge in [-0.1, -0.05) is 54.1 Å². The van der Waals surface area contributed by atoms with Crippen LogP contribution in [-0.4, -0.2) is 73.7 Å². The first-order valence-electron chi connectivity index (χ1n) is 10.6. The normalized spacial score (nSPS) is 9.64. The summed E-state index contributed by atoms with van der Waals surface area (Å²) in [6.45, 7) is 8.98. The Morgan fingerprint density at radius 3 is 1.36 bits per heavy atom. The summed E-state index contributed by atoms with van der Waals surface area (Å²) < 4.78 is 0. The fourth-order valence-electron chi connectivity index (χ4n) is 2.59. The first-order valence-corrected chi connectivity index (χ1v) is 10.6. The number of para-hydroxylation sites is 2. The molecule has 0 saturated heterocycles. The van der Waals surface area contributed by atoms with Gasteiger partial charge in [-0.15, -0.1) is 5.69 Å². The summed E-state index contributed by atoms with van der Waals surface area (Å²) >= 11 is 0. The molecule has 2 aromatic rings. The minimum absolute atomic E-state index is 0. The molecule has 0 unspecified atom stereocenters. The van der Waals surface area contributed by atoms with Crippen LogP contribution < -0.4 is 0 Å². The second kappa shape index (κ2) is 22.3. The van der Waals surface area contributed by atoms with E-state index in [1.54, 1.807) is 42.3 Å². The summed E-state index contributed by atoms with van der Waals surface area (Å²) in [6, 6.07) is 12.5. The molecule has 0 atom stereocenters. The molecular weight excluding hydrogens is 488 g/mol. The third-order valence-electron chi connectivity index (χ3n) is 4.01. The van der Waals surface area contributed by atoms with Gasteiger partial charge in [0.05, 0.1) is 11.5 Å². The quantitative estimate of drug-likeness (QED) is 0.307. The summed E-state index contributed by atoms with van der Waals surface area (Å²) in [5.41, 5.74) is 6.91. The fourth-order valence-corrected chi connectivity index (χ4v) is 2.59. The topological polar surface area (TPSA) is 72.0 Å². The SMILES string of the molecule is C[N-]C.C[N-]C.C[N-]C.Cc1cccc(C)c1N=C(C[N-]c1c(C)cccc1C)N(C)C.[Zr+4]. The molecule has 0 N–H and O–H groups in total. The Morgan fingerprint density at radius 1 is 0.697 bits per heavy atom. The molecule has 33 heavy (non-hydrogen) atoms. The van der Waals surface area contributed by atoms with E-state index in [2.05, 4.69) is 80.0 Å². The molecule has 0 aliphatic carbocycles. The molecule has 0 heterocycles. The number of hydrogen-bond acceptors (Lipinski definition) is 1. The van der Waals surface area contributed by atoms with Gasteiger partial charge in [-0.05, 0) is 38.8 Å². The summed E-state index contributed by atoms with van der Waals surface area (Å²) in [5.74, 6) is 0.963. The van der Waals surface area contributed by atoms with Crippen molar-refractivity contribution in [1.29, 1.82) is 0 Å². The molecule has 2 rings (SSSR count). The number of nitrogens with zero attached hydrogens (tertiary/aromatic N) is 6. The Balaban J connectivity index is -0.000000780. The van der Waals surface area contributed by atoms with Gasteiger partial charge in [0.15, 0.2) is 0 Å². The van der Waals surface area contributed by atoms with E-state index in [-0.39, 0.29) is 26.2 Å². The number of hydrogen-bond donors (Lipinski definition) is 0. The molecule has 0 spiro atoms. The monoisotopic (exact) mass is 530 g/mol. The van der Waals surface area contributed by atoms with Crippen LogP contribution in [-0.2, 0) is 26.2 Å². The number of amidine groups is 1. The molecule has 2 aromatic carbocycles. The van der Waals surface area contributed by atoms with Crippen LogP contribution in [0.15, 0.2) is 41.4 Å². The standard InChI is InChI=1S/C20H26N3.3C2H6N.Zr/c1-14-9-7-10-15(2)19(14)21-13-18(23(5)6)22-20-16(3)11-8-12-17(20)4;3*1-3-2;/h7-12H,13H2,1-6H3;3*1-2H3;/q4*-1;+4. The van der Waals surface area contributed by atoms with Crippen LogP contribution in [0.3, 0.4) is 0 Å². The predicted octanol–water partition coefficient (Wildman–Crippen LogP) is 7.07. The Labute approximate surface area is 223 Å². The summed E-state index contributed by atoms with van der Waals surface area (Å²) in [4.78, 5) is 6.93. The van der Waals surface area contributed by atoms with Gasteiger partial charge in [0.1, 0.15) is 0 Å². The summed E-state index contributed by atoms with van der Waals surface area (Å²) in [5, 5.41) is 15.3. The zero-order valence-electron chi connectivity index (χ0n) is 22.9. The first-order chi connectivity index (χ1) is 15.1. The maximum absolute atomic E-state index is 4.88. The Kier molecular flexibility index (Phi) is 24.3. The zero-order chi connectivity index (χ0) is 25.1. The van der Waals surface area contributed by atoms with Crippen molar-refractivity contribution < 1.29 is 26.2 Å². The van der Waals surface area contributed by atoms with Crippen molar-refractivity contribution in [2.24, 2.45) is 4.99 Å². The van der Waals surface area contributed by atoms with E-state index in [1.807, 2.05) is 19.0 Å². The Hall–Kier alpha value is -1.53. The molecule has 182 valence electrons. The van der Waals surface area contributed by atoms with Crippen LogP contribution >= 0.6 is 0 Å². The van der Waals surface area contributed by atoms with Crippen molar-refractivity contribution in [3.8, 4) is 0 Å². The number of benzene rings is 2. The molecule has 0 aliphatic rings. The van der Waals surface area contributed by atoms with E-state index in [4.69, 9.17) is 10.3 Å². The average molecular weight is 532 g/mol. The van der Waals surface area contributed by atoms with Gasteiger partial charge in [-0.2, -0.15) is 42.3 Å². The number of likely N-dealkylation sites (N-methyl/N-ethyl adjacent to an activating group) is 1. The van der Waals surface area contributed by atoms with Crippen molar-refractivity contribution >= 4 is 17.2 Å². The third kappa shape index (κ3) is 15.9. The van der Waals surface area contributed by atoms with Crippen molar-refractivity contribution in [3.63, 3.8) is 0 Å². The third-order valence-corrected chi connectivity index (χ3v) is 4.01. The molecule has 6 nitrogen and oxygen atoms in total. The Bertz CT molecular complexity index is 730. The maximum Gasteiger partial charge on any atom is 4.00 e. The van der Waals surface area contributed by atoms with E-state index >= 15 is 0 Å². The van der Waals surface area contributed by atoms with E-state index in [1.165, 1.54) is 22.3 Å². The van der Waals surface area contributed by atoms with Gasteiger partial charge in [0.25, 0.3) is 0 Å². The second-order valence-electron chi connectivity index (χ2n) is 7.56. The molecule has 7 heteroatoms. The second-order valence-corrected chi connectivity index (χ2v) is 7.56. The summed E-state index contributed by atoms with van der Waals surface area (Å²) in [7, 11) is 14.5. The fraction of sp³-hybridized carbons (Fsp3) is 0.500. The molecule has 0 aromatic heterocycles. The summed E-state index contributed by atoms with van der Waals surface area (Å²) in [6.07, 6.45) is 0. The number of rotatable bonds is 4. The zero-order valence-corrected chi connectivity index (χ0v) is 25.3. The van der Waals surface area contributed by atoms with Crippen molar-refractivity contribution in [2.75, 3.05) is 62.9 Å². The molecule has 0 aliphatic heterocycles. The minimum Gasteiger partial charge on any atom is -0.678 e. The molecule has 0 fully saturated rings. The van der Waals surface area contributed by atoms with Gasteiger partial charge in [0.2, 0.25) is 0 Å². The number of aliphatic imine (C=N–C) groups is 1. The predicted molar refractivity (Wildman–Crippen MR) is 146 cm³/mol. The van der Waals surface area contributed by atoms with Crippen LogP contribution in [0.1, 0.15) is 22.3 Å². The van der Waals surface area contributed by atoms with Gasteiger partial charge in [-0.25, -0.2) is 4.99 Å². The van der Waals surface area contributed by atoms with Crippen LogP contribution in [0.25, 0.3) is 21.3 Å². The first kappa shape index (κ1) is 36.0. The minimum atomic E-state index is 0. The largest absolute Gasteiger partial charge is 4.00 e. The van der Waals surface area contributed by atoms with Crippen LogP contribution in [0, 0.1) is 27.7 Å². The average Bonchev–Trinajstić information content (AvgIpc) is 2.70. The van der Waals surface area contributed by atoms with Crippen LogP contribution in [0.4, 0.5) is 11.4 Å². The molecular formula is C26H44N6Zr. The van der Waals surface area contributed by atoms with Gasteiger partial charge in [0, 0.05) is 14.1 Å². The van der Waals surface area contributed by atoms with Crippen molar-refractivity contribution in [1.82, 2.24) is 4.90 Å². The van der Waals surface area contributed by atoms with Crippen LogP contribution in [0.2, 0.25) is 0 Å². The molecule has 0 saturated carbocycles. The van der Waals surface area contributed by atoms with E-state index in [9.17, 15) is 0 Å². The van der Waals surface area contributed by atoms with E-state index in [0.29, 0.717) is 6.54 Å². The maximum atomic E-state index is 4.88. The Morgan fingerprint density at radius 2 is 1.03 bits per heavy atom. The van der Waals surface area contributed by atoms with Gasteiger partial charge >= 0.3 is 26.2 Å².